The van der Waals surface area contributed by atoms with E-state index in [9.17, 15) is 9.59 Å². The van der Waals surface area contributed by atoms with Gasteiger partial charge in [-0.2, -0.15) is 0 Å². The second-order valence-electron chi connectivity index (χ2n) is 12.0. The van der Waals surface area contributed by atoms with Crippen molar-refractivity contribution in [2.45, 2.75) is 33.6 Å². The maximum absolute atomic E-state index is 13.4. The molecule has 1 aliphatic heterocycles. The Hall–Kier alpha value is -5.82. The number of hydrogen-bond donors (Lipinski definition) is 3. The predicted octanol–water partition coefficient (Wildman–Crippen LogP) is 9.04. The molecule has 2 amide bonds. The number of aromatic amines is 1. The van der Waals surface area contributed by atoms with Crippen LogP contribution in [0, 0.1) is 5.92 Å². The summed E-state index contributed by atoms with van der Waals surface area (Å²) in [7, 11) is 0. The number of amidine groups is 2. The normalized spacial score (nSPS) is 13.7. The number of anilines is 1. The van der Waals surface area contributed by atoms with Gasteiger partial charge in [0, 0.05) is 33.4 Å². The highest BCUT2D eigenvalue weighted by atomic mass is 16.2. The van der Waals surface area contributed by atoms with Crippen molar-refractivity contribution in [3.05, 3.63) is 149 Å². The lowest BCUT2D eigenvalue weighted by molar-refractivity contribution is 0.0975. The Kier molecular flexibility index (Phi) is 9.06. The lowest BCUT2D eigenvalue weighted by atomic mass is 9.92. The minimum Gasteiger partial charge on any atom is -0.326 e. The fourth-order valence-corrected chi connectivity index (χ4v) is 5.90. The summed E-state index contributed by atoms with van der Waals surface area (Å²) in [5.41, 5.74) is 6.56. The van der Waals surface area contributed by atoms with E-state index in [-0.39, 0.29) is 23.7 Å². The first-order chi connectivity index (χ1) is 22.8. The lowest BCUT2D eigenvalue weighted by Gasteiger charge is -2.14. The van der Waals surface area contributed by atoms with Gasteiger partial charge in [-0.15, -0.1) is 0 Å². The van der Waals surface area contributed by atoms with Crippen LogP contribution in [0.1, 0.15) is 65.5 Å². The van der Waals surface area contributed by atoms with E-state index in [1.807, 2.05) is 97.1 Å². The van der Waals surface area contributed by atoms with E-state index in [4.69, 9.17) is 9.98 Å². The maximum Gasteiger partial charge on any atom is 0.256 e. The van der Waals surface area contributed by atoms with E-state index >= 15 is 0 Å². The van der Waals surface area contributed by atoms with E-state index in [0.717, 1.165) is 33.4 Å². The number of carbonyl (C=O) groups excluding carboxylic acids is 2. The number of rotatable bonds is 8. The number of H-pyrrole nitrogens is 1. The third-order valence-corrected chi connectivity index (χ3v) is 8.02. The minimum atomic E-state index is -0.242. The molecule has 0 saturated carbocycles. The highest BCUT2D eigenvalue weighted by Crippen LogP contribution is 2.43. The first kappa shape index (κ1) is 31.2. The summed E-state index contributed by atoms with van der Waals surface area (Å²) in [5.74, 6) is 1.70. The monoisotopic (exact) mass is 619 g/mol. The molecule has 0 radical (unpaired) electrons. The molecule has 0 aliphatic carbocycles. The second-order valence-corrected chi connectivity index (χ2v) is 12.0. The Morgan fingerprint density at radius 2 is 1.13 bits per heavy atom. The predicted molar refractivity (Wildman–Crippen MR) is 191 cm³/mol. The zero-order valence-electron chi connectivity index (χ0n) is 26.9. The van der Waals surface area contributed by atoms with Crippen LogP contribution < -0.4 is 10.6 Å². The molecular formula is C40H37N5O2. The zero-order chi connectivity index (χ0) is 32.9. The molecule has 7 nitrogen and oxygen atoms in total. The number of nitrogens with one attached hydrogen (secondary N) is 3. The quantitative estimate of drug-likeness (QED) is 0.161. The number of nitrogens with zero attached hydrogens (tertiary/aromatic N) is 2. The molecule has 234 valence electrons. The SMILES string of the molecule is CC(C)C1=C(c2ccccc2)C(=Nc2[nH]c(NC(=O)c3ccccc3)c(C(C)C)c2-c2ccccc2)N=C1NC(=O)c1ccccc1. The van der Waals surface area contributed by atoms with E-state index in [1.165, 1.54) is 0 Å². The number of aromatic nitrogens is 1. The van der Waals surface area contributed by atoms with Gasteiger partial charge in [0.15, 0.2) is 5.84 Å². The zero-order valence-corrected chi connectivity index (χ0v) is 26.9. The Morgan fingerprint density at radius 1 is 0.638 bits per heavy atom. The summed E-state index contributed by atoms with van der Waals surface area (Å²) >= 11 is 0. The average molecular weight is 620 g/mol. The molecule has 0 saturated heterocycles. The molecule has 0 spiro atoms. The van der Waals surface area contributed by atoms with Gasteiger partial charge in [0.1, 0.15) is 17.5 Å². The smallest absolute Gasteiger partial charge is 0.256 e. The van der Waals surface area contributed by atoms with Gasteiger partial charge in [-0.1, -0.05) is 125 Å². The lowest BCUT2D eigenvalue weighted by Crippen LogP contribution is -2.32. The van der Waals surface area contributed by atoms with Crippen molar-refractivity contribution in [3.8, 4) is 11.1 Å². The van der Waals surface area contributed by atoms with Crippen LogP contribution >= 0.6 is 0 Å². The van der Waals surface area contributed by atoms with Crippen molar-refractivity contribution < 1.29 is 9.59 Å². The fraction of sp³-hybridized carbons (Fsp3) is 0.150. The number of aliphatic imine (C=N–C) groups is 2. The van der Waals surface area contributed by atoms with Crippen molar-refractivity contribution in [1.82, 2.24) is 10.3 Å². The topological polar surface area (TPSA) is 98.7 Å². The third kappa shape index (κ3) is 6.60. The van der Waals surface area contributed by atoms with Gasteiger partial charge in [0.2, 0.25) is 0 Å². The van der Waals surface area contributed by atoms with Crippen LogP contribution in [0.25, 0.3) is 16.7 Å². The Bertz CT molecular complexity index is 1990. The molecule has 1 aliphatic rings. The minimum absolute atomic E-state index is 0.0249. The molecule has 47 heavy (non-hydrogen) atoms. The highest BCUT2D eigenvalue weighted by Gasteiger charge is 2.31. The first-order valence-electron chi connectivity index (χ1n) is 15.8. The number of benzene rings is 4. The summed E-state index contributed by atoms with van der Waals surface area (Å²) < 4.78 is 0. The van der Waals surface area contributed by atoms with Crippen LogP contribution in [0.15, 0.2) is 137 Å². The molecule has 0 unspecified atom stereocenters. The van der Waals surface area contributed by atoms with Crippen LogP contribution in [0.5, 0.6) is 0 Å². The van der Waals surface area contributed by atoms with Crippen LogP contribution in [-0.2, 0) is 0 Å². The van der Waals surface area contributed by atoms with E-state index in [0.29, 0.717) is 34.4 Å². The van der Waals surface area contributed by atoms with Gasteiger partial charge in [-0.25, -0.2) is 9.98 Å². The summed E-state index contributed by atoms with van der Waals surface area (Å²) in [6, 6.07) is 38.3. The largest absolute Gasteiger partial charge is 0.326 e. The van der Waals surface area contributed by atoms with E-state index < -0.39 is 0 Å². The van der Waals surface area contributed by atoms with Crippen molar-refractivity contribution in [1.29, 1.82) is 0 Å². The van der Waals surface area contributed by atoms with Gasteiger partial charge in [0.05, 0.1) is 0 Å². The van der Waals surface area contributed by atoms with Gasteiger partial charge in [-0.3, -0.25) is 9.59 Å². The number of amides is 2. The highest BCUT2D eigenvalue weighted by molar-refractivity contribution is 6.39. The summed E-state index contributed by atoms with van der Waals surface area (Å²) in [6.45, 7) is 8.37. The van der Waals surface area contributed by atoms with Crippen LogP contribution in [-0.4, -0.2) is 28.5 Å². The van der Waals surface area contributed by atoms with Crippen LogP contribution in [0.3, 0.4) is 0 Å². The van der Waals surface area contributed by atoms with Gasteiger partial charge in [0.25, 0.3) is 11.8 Å². The molecule has 0 fully saturated rings. The average Bonchev–Trinajstić information content (AvgIpc) is 3.64. The van der Waals surface area contributed by atoms with Gasteiger partial charge >= 0.3 is 0 Å². The van der Waals surface area contributed by atoms with E-state index in [2.05, 4.69) is 43.3 Å². The number of carbonyl (C=O) groups is 2. The van der Waals surface area contributed by atoms with E-state index in [1.54, 1.807) is 24.3 Å². The maximum atomic E-state index is 13.4. The molecule has 7 heteroatoms. The molecular weight excluding hydrogens is 582 g/mol. The molecule has 6 rings (SSSR count). The first-order valence-corrected chi connectivity index (χ1v) is 15.8. The van der Waals surface area contributed by atoms with Crippen molar-refractivity contribution in [2.24, 2.45) is 15.9 Å². The van der Waals surface area contributed by atoms with Gasteiger partial charge < -0.3 is 15.6 Å². The molecule has 4 aromatic carbocycles. The molecule has 1 aromatic heterocycles. The molecule has 3 N–H and O–H groups in total. The summed E-state index contributed by atoms with van der Waals surface area (Å²) in [4.78, 5) is 40.4. The standard InChI is InChI=1S/C40H37N5O2/c1-25(2)31-33(27-17-9-5-10-18-27)37(41-35(31)44-39(46)29-21-13-7-14-22-29)43-38-34(28-19-11-6-12-20-28)32(26(3)4)36(42-38)45-40(47)30-23-15-8-16-24-30/h5-26,41H,1-4H3,(H,44,46)(H,42,43,45,47). The van der Waals surface area contributed by atoms with Crippen molar-refractivity contribution in [3.63, 3.8) is 0 Å². The Balaban J connectivity index is 1.54. The fourth-order valence-electron chi connectivity index (χ4n) is 5.90. The Labute approximate surface area is 275 Å². The molecule has 2 heterocycles. The third-order valence-electron chi connectivity index (χ3n) is 8.02. The van der Waals surface area contributed by atoms with Crippen molar-refractivity contribution in [2.75, 3.05) is 5.32 Å². The van der Waals surface area contributed by atoms with Crippen LogP contribution in [0.4, 0.5) is 11.6 Å². The van der Waals surface area contributed by atoms with Crippen molar-refractivity contribution >= 4 is 40.7 Å². The molecule has 5 aromatic rings. The second kappa shape index (κ2) is 13.7. The number of hydrogen-bond acceptors (Lipinski definition) is 3. The van der Waals surface area contributed by atoms with Crippen LogP contribution in [0.2, 0.25) is 0 Å². The summed E-state index contributed by atoms with van der Waals surface area (Å²) in [5, 5.41) is 6.19. The molecule has 0 bridgehead atoms. The molecule has 0 atom stereocenters. The summed E-state index contributed by atoms with van der Waals surface area (Å²) in [6.07, 6.45) is 0. The Morgan fingerprint density at radius 3 is 1.64 bits per heavy atom. The van der Waals surface area contributed by atoms with Gasteiger partial charge in [-0.05, 0) is 47.2 Å².